The molecular formula is C23H16BrNO4. The Morgan fingerprint density at radius 1 is 0.828 bits per heavy atom. The number of rotatable bonds is 5. The van der Waals surface area contributed by atoms with E-state index < -0.39 is 5.97 Å². The lowest BCUT2D eigenvalue weighted by atomic mass is 10.1. The van der Waals surface area contributed by atoms with Crippen molar-refractivity contribution in [1.29, 1.82) is 0 Å². The lowest BCUT2D eigenvalue weighted by Crippen LogP contribution is -2.20. The molecule has 0 aliphatic heterocycles. The predicted octanol–water partition coefficient (Wildman–Crippen LogP) is 4.34. The molecule has 0 saturated heterocycles. The van der Waals surface area contributed by atoms with Gasteiger partial charge in [0.15, 0.2) is 17.8 Å². The normalized spacial score (nSPS) is 10.9. The molecule has 0 N–H and O–H groups in total. The smallest absolute Gasteiger partial charge is 0.326 e. The van der Waals surface area contributed by atoms with Gasteiger partial charge in [0.2, 0.25) is 0 Å². The van der Waals surface area contributed by atoms with Crippen LogP contribution in [0.2, 0.25) is 0 Å². The zero-order chi connectivity index (χ0) is 20.4. The van der Waals surface area contributed by atoms with Crippen LogP contribution in [-0.2, 0) is 16.1 Å². The summed E-state index contributed by atoms with van der Waals surface area (Å²) in [6, 6.07) is 21.1. The Hall–Kier alpha value is -3.25. The largest absolute Gasteiger partial charge is 0.456 e. The molecule has 29 heavy (non-hydrogen) atoms. The fourth-order valence-corrected chi connectivity index (χ4v) is 3.55. The second-order valence-corrected chi connectivity index (χ2v) is 7.46. The molecule has 0 saturated carbocycles. The molecule has 0 amide bonds. The van der Waals surface area contributed by atoms with Crippen LogP contribution in [0.5, 0.6) is 0 Å². The van der Waals surface area contributed by atoms with Gasteiger partial charge >= 0.3 is 5.97 Å². The van der Waals surface area contributed by atoms with E-state index in [2.05, 4.69) is 15.9 Å². The minimum Gasteiger partial charge on any atom is -0.456 e. The van der Waals surface area contributed by atoms with Crippen molar-refractivity contribution in [2.75, 3.05) is 6.61 Å². The van der Waals surface area contributed by atoms with Gasteiger partial charge in [-0.1, -0.05) is 52.3 Å². The van der Waals surface area contributed by atoms with Crippen molar-refractivity contribution < 1.29 is 14.3 Å². The maximum absolute atomic E-state index is 12.7. The maximum atomic E-state index is 12.7. The van der Waals surface area contributed by atoms with Crippen molar-refractivity contribution in [2.24, 2.45) is 0 Å². The van der Waals surface area contributed by atoms with Crippen molar-refractivity contribution in [3.63, 3.8) is 0 Å². The minimum atomic E-state index is -0.547. The van der Waals surface area contributed by atoms with Gasteiger partial charge in [0.25, 0.3) is 0 Å². The molecule has 1 heterocycles. The first-order valence-corrected chi connectivity index (χ1v) is 9.78. The van der Waals surface area contributed by atoms with Gasteiger partial charge in [-0.05, 0) is 36.4 Å². The van der Waals surface area contributed by atoms with Crippen molar-refractivity contribution in [3.8, 4) is 0 Å². The summed E-state index contributed by atoms with van der Waals surface area (Å²) in [5, 5.41) is 1.06. The van der Waals surface area contributed by atoms with E-state index in [1.165, 1.54) is 0 Å². The van der Waals surface area contributed by atoms with Crippen molar-refractivity contribution in [3.05, 3.63) is 93.1 Å². The van der Waals surface area contributed by atoms with Crippen molar-refractivity contribution in [1.82, 2.24) is 4.57 Å². The molecule has 0 atom stereocenters. The van der Waals surface area contributed by atoms with Crippen LogP contribution < -0.4 is 5.43 Å². The molecule has 0 bridgehead atoms. The number of nitrogens with zero attached hydrogens (tertiary/aromatic N) is 1. The van der Waals surface area contributed by atoms with Gasteiger partial charge in [0.1, 0.15) is 6.54 Å². The van der Waals surface area contributed by atoms with Crippen LogP contribution in [0, 0.1) is 0 Å². The summed E-state index contributed by atoms with van der Waals surface area (Å²) in [5.41, 5.74) is 1.69. The molecule has 0 spiro atoms. The number of para-hydroxylation sites is 2. The number of carbonyl (C=O) groups excluding carboxylic acids is 2. The Morgan fingerprint density at radius 3 is 1.97 bits per heavy atom. The van der Waals surface area contributed by atoms with Gasteiger partial charge in [0, 0.05) is 20.8 Å². The van der Waals surface area contributed by atoms with E-state index in [0.717, 1.165) is 4.47 Å². The maximum Gasteiger partial charge on any atom is 0.326 e. The summed E-state index contributed by atoms with van der Waals surface area (Å²) < 4.78 is 7.83. The number of hydrogen-bond acceptors (Lipinski definition) is 4. The number of benzene rings is 3. The molecule has 0 unspecified atom stereocenters. The Kier molecular flexibility index (Phi) is 5.27. The molecule has 4 aromatic rings. The number of halogens is 1. The predicted molar refractivity (Wildman–Crippen MR) is 115 cm³/mol. The van der Waals surface area contributed by atoms with Gasteiger partial charge < -0.3 is 9.30 Å². The van der Waals surface area contributed by atoms with Gasteiger partial charge in [-0.3, -0.25) is 14.4 Å². The summed E-state index contributed by atoms with van der Waals surface area (Å²) >= 11 is 3.32. The van der Waals surface area contributed by atoms with Crippen LogP contribution in [0.3, 0.4) is 0 Å². The molecule has 0 fully saturated rings. The average molecular weight is 450 g/mol. The van der Waals surface area contributed by atoms with Crippen molar-refractivity contribution >= 4 is 49.5 Å². The summed E-state index contributed by atoms with van der Waals surface area (Å²) in [4.78, 5) is 37.5. The summed E-state index contributed by atoms with van der Waals surface area (Å²) in [6.45, 7) is -0.439. The van der Waals surface area contributed by atoms with E-state index in [-0.39, 0.29) is 24.4 Å². The molecule has 0 radical (unpaired) electrons. The molecule has 1 aromatic heterocycles. The lowest BCUT2D eigenvalue weighted by molar-refractivity contribution is -0.143. The van der Waals surface area contributed by atoms with E-state index in [0.29, 0.717) is 27.4 Å². The number of aromatic nitrogens is 1. The fraction of sp³-hybridized carbons (Fsp3) is 0.0870. The highest BCUT2D eigenvalue weighted by Crippen LogP contribution is 2.19. The zero-order valence-electron chi connectivity index (χ0n) is 15.3. The monoisotopic (exact) mass is 449 g/mol. The van der Waals surface area contributed by atoms with Crippen LogP contribution in [-0.4, -0.2) is 22.9 Å². The molecule has 4 rings (SSSR count). The topological polar surface area (TPSA) is 65.4 Å². The van der Waals surface area contributed by atoms with Crippen LogP contribution in [0.4, 0.5) is 0 Å². The van der Waals surface area contributed by atoms with Crippen molar-refractivity contribution in [2.45, 2.75) is 6.54 Å². The van der Waals surface area contributed by atoms with E-state index in [9.17, 15) is 14.4 Å². The fourth-order valence-electron chi connectivity index (χ4n) is 3.29. The number of ketones is 1. The highest BCUT2D eigenvalue weighted by molar-refractivity contribution is 9.10. The first-order chi connectivity index (χ1) is 14.0. The van der Waals surface area contributed by atoms with Crippen LogP contribution in [0.25, 0.3) is 21.8 Å². The van der Waals surface area contributed by atoms with Crippen LogP contribution in [0.1, 0.15) is 10.4 Å². The van der Waals surface area contributed by atoms with E-state index in [1.54, 1.807) is 65.2 Å². The summed E-state index contributed by atoms with van der Waals surface area (Å²) in [5.74, 6) is -0.824. The second kappa shape index (κ2) is 8.01. The summed E-state index contributed by atoms with van der Waals surface area (Å²) in [7, 11) is 0. The SMILES string of the molecule is O=C(Cn1c2ccccc2c(=O)c2ccccc21)OCC(=O)c1ccc(Br)cc1. The third-order valence-electron chi connectivity index (χ3n) is 4.70. The third-order valence-corrected chi connectivity index (χ3v) is 5.23. The van der Waals surface area contributed by atoms with Gasteiger partial charge in [0.05, 0.1) is 11.0 Å². The van der Waals surface area contributed by atoms with Crippen LogP contribution in [0.15, 0.2) is 82.1 Å². The molecule has 6 heteroatoms. The van der Waals surface area contributed by atoms with Gasteiger partial charge in [-0.15, -0.1) is 0 Å². The number of pyridine rings is 1. The number of hydrogen-bond donors (Lipinski definition) is 0. The van der Waals surface area contributed by atoms with E-state index in [1.807, 2.05) is 12.1 Å². The van der Waals surface area contributed by atoms with Gasteiger partial charge in [-0.25, -0.2) is 0 Å². The standard InChI is InChI=1S/C23H16BrNO4/c24-16-11-9-15(10-12-16)21(26)14-29-22(27)13-25-19-7-3-1-5-17(19)23(28)18-6-2-4-8-20(18)25/h1-12H,13-14H2. The van der Waals surface area contributed by atoms with E-state index >= 15 is 0 Å². The lowest BCUT2D eigenvalue weighted by Gasteiger charge is -2.14. The highest BCUT2D eigenvalue weighted by Gasteiger charge is 2.15. The quantitative estimate of drug-likeness (QED) is 0.258. The Balaban J connectivity index is 1.61. The average Bonchev–Trinajstić information content (AvgIpc) is 2.75. The number of ether oxygens (including phenoxy) is 1. The first kappa shape index (κ1) is 19.1. The number of carbonyl (C=O) groups is 2. The number of Topliss-reactive ketones (excluding diaryl/α,β-unsaturated/α-hetero) is 1. The number of fused-ring (bicyclic) bond motifs is 2. The molecule has 0 aliphatic rings. The number of esters is 1. The Labute approximate surface area is 174 Å². The minimum absolute atomic E-state index is 0.0776. The molecular weight excluding hydrogens is 434 g/mol. The third kappa shape index (κ3) is 3.84. The van der Waals surface area contributed by atoms with E-state index in [4.69, 9.17) is 4.74 Å². The molecule has 3 aromatic carbocycles. The first-order valence-electron chi connectivity index (χ1n) is 8.99. The highest BCUT2D eigenvalue weighted by atomic mass is 79.9. The molecule has 144 valence electrons. The molecule has 5 nitrogen and oxygen atoms in total. The summed E-state index contributed by atoms with van der Waals surface area (Å²) in [6.07, 6.45) is 0. The van der Waals surface area contributed by atoms with Gasteiger partial charge in [-0.2, -0.15) is 0 Å². The Bertz CT molecular complexity index is 1230. The second-order valence-electron chi connectivity index (χ2n) is 6.54. The zero-order valence-corrected chi connectivity index (χ0v) is 16.9. The molecule has 0 aliphatic carbocycles. The Morgan fingerprint density at radius 2 is 1.38 bits per heavy atom. The van der Waals surface area contributed by atoms with Crippen LogP contribution >= 0.6 is 15.9 Å².